The molecule has 0 radical (unpaired) electrons. The molecule has 0 aliphatic heterocycles. The molecule has 0 fully saturated rings. The number of esters is 1. The summed E-state index contributed by atoms with van der Waals surface area (Å²) in [4.78, 5) is 24.2. The molecule has 1 N–H and O–H groups in total. The number of hydrogen-bond donors (Lipinski definition) is 1. The van der Waals surface area contributed by atoms with Crippen molar-refractivity contribution >= 4 is 28.2 Å². The number of amides is 1. The molecule has 2 rings (SSSR count). The van der Waals surface area contributed by atoms with Crippen LogP contribution in [0.3, 0.4) is 0 Å². The maximum absolute atomic E-state index is 12.1. The number of ether oxygens (including phenoxy) is 2. The van der Waals surface area contributed by atoms with E-state index in [1.165, 1.54) is 25.2 Å². The highest BCUT2D eigenvalue weighted by Crippen LogP contribution is 2.22. The lowest BCUT2D eigenvalue weighted by molar-refractivity contribution is -0.159. The summed E-state index contributed by atoms with van der Waals surface area (Å²) in [6, 6.07) is 11.8. The summed E-state index contributed by atoms with van der Waals surface area (Å²) in [5.74, 6) is -0.839. The van der Waals surface area contributed by atoms with E-state index in [1.54, 1.807) is 35.7 Å². The van der Waals surface area contributed by atoms with Crippen molar-refractivity contribution in [3.8, 4) is 17.9 Å². The zero-order valence-corrected chi connectivity index (χ0v) is 14.9. The van der Waals surface area contributed by atoms with Crippen molar-refractivity contribution in [1.29, 1.82) is 10.5 Å². The molecule has 0 saturated heterocycles. The molecule has 26 heavy (non-hydrogen) atoms. The highest BCUT2D eigenvalue weighted by Gasteiger charge is 2.24. The van der Waals surface area contributed by atoms with Crippen LogP contribution in [0, 0.1) is 22.7 Å². The first kappa shape index (κ1) is 19.0. The Morgan fingerprint density at radius 3 is 2.38 bits per heavy atom. The van der Waals surface area contributed by atoms with Crippen LogP contribution in [0.15, 0.2) is 35.7 Å². The largest absolute Gasteiger partial charge is 0.479 e. The molecule has 0 aliphatic carbocycles. The summed E-state index contributed by atoms with van der Waals surface area (Å²) < 4.78 is 10.5. The van der Waals surface area contributed by atoms with E-state index in [0.717, 1.165) is 0 Å². The quantitative estimate of drug-likeness (QED) is 0.784. The Labute approximate surface area is 154 Å². The second-order valence-corrected chi connectivity index (χ2v) is 6.16. The van der Waals surface area contributed by atoms with E-state index in [0.29, 0.717) is 21.9 Å². The van der Waals surface area contributed by atoms with E-state index in [2.05, 4.69) is 5.32 Å². The summed E-state index contributed by atoms with van der Waals surface area (Å²) in [6.07, 6.45) is -1.99. The van der Waals surface area contributed by atoms with Gasteiger partial charge in [-0.1, -0.05) is 0 Å². The minimum atomic E-state index is -1.05. The Bertz CT molecular complexity index is 877. The summed E-state index contributed by atoms with van der Waals surface area (Å²) in [7, 11) is 0. The van der Waals surface area contributed by atoms with Gasteiger partial charge in [-0.15, -0.1) is 11.3 Å². The molecule has 2 atom stereocenters. The van der Waals surface area contributed by atoms with E-state index >= 15 is 0 Å². The average Bonchev–Trinajstić information content (AvgIpc) is 3.09. The van der Waals surface area contributed by atoms with Gasteiger partial charge in [-0.2, -0.15) is 10.5 Å². The Morgan fingerprint density at radius 1 is 1.08 bits per heavy atom. The van der Waals surface area contributed by atoms with Crippen LogP contribution in [0.25, 0.3) is 0 Å². The molecule has 0 unspecified atom stereocenters. The minimum Gasteiger partial charge on any atom is -0.479 e. The van der Waals surface area contributed by atoms with E-state index in [-0.39, 0.29) is 0 Å². The minimum absolute atomic E-state index is 0.347. The highest BCUT2D eigenvalue weighted by molar-refractivity contribution is 7.14. The van der Waals surface area contributed by atoms with E-state index in [1.807, 2.05) is 12.1 Å². The molecule has 1 heterocycles. The van der Waals surface area contributed by atoms with Crippen LogP contribution < -0.4 is 10.1 Å². The van der Waals surface area contributed by atoms with Crippen molar-refractivity contribution < 1.29 is 19.1 Å². The summed E-state index contributed by atoms with van der Waals surface area (Å²) in [6.45, 7) is 2.93. The van der Waals surface area contributed by atoms with Crippen LogP contribution >= 0.6 is 11.3 Å². The molecule has 1 amide bonds. The number of hydrogen-bond acceptors (Lipinski definition) is 7. The van der Waals surface area contributed by atoms with Crippen molar-refractivity contribution in [2.45, 2.75) is 26.1 Å². The summed E-state index contributed by atoms with van der Waals surface area (Å²) in [5, 5.41) is 22.3. The van der Waals surface area contributed by atoms with Crippen LogP contribution in [0.5, 0.6) is 5.75 Å². The van der Waals surface area contributed by atoms with E-state index in [4.69, 9.17) is 20.0 Å². The second-order valence-electron chi connectivity index (χ2n) is 5.24. The third kappa shape index (κ3) is 4.82. The molecule has 132 valence electrons. The Hall–Kier alpha value is -3.36. The van der Waals surface area contributed by atoms with Crippen LogP contribution in [0.1, 0.15) is 25.0 Å². The van der Waals surface area contributed by atoms with Gasteiger partial charge in [0.1, 0.15) is 16.8 Å². The Morgan fingerprint density at radius 2 is 1.77 bits per heavy atom. The molecule has 2 aromatic rings. The summed E-state index contributed by atoms with van der Waals surface area (Å²) in [5.41, 5.74) is 0.822. The zero-order valence-electron chi connectivity index (χ0n) is 14.1. The van der Waals surface area contributed by atoms with Crippen molar-refractivity contribution in [2.24, 2.45) is 0 Å². The topological polar surface area (TPSA) is 112 Å². The molecule has 0 spiro atoms. The van der Waals surface area contributed by atoms with Crippen LogP contribution in [-0.2, 0) is 14.3 Å². The third-order valence-corrected chi connectivity index (χ3v) is 4.14. The predicted molar refractivity (Wildman–Crippen MR) is 94.5 cm³/mol. The Kier molecular flexibility index (Phi) is 6.31. The fourth-order valence-electron chi connectivity index (χ4n) is 1.89. The molecule has 7 nitrogen and oxygen atoms in total. The number of nitrogens with zero attached hydrogens (tertiary/aromatic N) is 2. The SMILES string of the molecule is C[C@H](OC(=O)[C@H](C)Oc1ccc(C#N)cc1)C(=O)Nc1sccc1C#N. The highest BCUT2D eigenvalue weighted by atomic mass is 32.1. The maximum Gasteiger partial charge on any atom is 0.347 e. The van der Waals surface area contributed by atoms with Gasteiger partial charge >= 0.3 is 5.97 Å². The Balaban J connectivity index is 1.89. The number of rotatable bonds is 6. The zero-order chi connectivity index (χ0) is 19.1. The molecule has 8 heteroatoms. The number of nitriles is 2. The number of carbonyl (C=O) groups is 2. The fourth-order valence-corrected chi connectivity index (χ4v) is 2.63. The lowest BCUT2D eigenvalue weighted by Crippen LogP contribution is -2.35. The van der Waals surface area contributed by atoms with Crippen molar-refractivity contribution in [1.82, 2.24) is 0 Å². The van der Waals surface area contributed by atoms with Gasteiger partial charge in [0, 0.05) is 0 Å². The number of benzene rings is 1. The molecule has 0 bridgehead atoms. The molecular weight excluding hydrogens is 354 g/mol. The van der Waals surface area contributed by atoms with Crippen LogP contribution in [-0.4, -0.2) is 24.1 Å². The van der Waals surface area contributed by atoms with Gasteiger partial charge in [-0.25, -0.2) is 4.79 Å². The molecule has 0 saturated carbocycles. The first-order chi connectivity index (χ1) is 12.4. The second kappa shape index (κ2) is 8.65. The lowest BCUT2D eigenvalue weighted by atomic mass is 10.2. The van der Waals surface area contributed by atoms with Crippen molar-refractivity contribution in [2.75, 3.05) is 5.32 Å². The molecule has 1 aromatic carbocycles. The number of nitrogens with one attached hydrogen (secondary N) is 1. The van der Waals surface area contributed by atoms with Crippen molar-refractivity contribution in [3.63, 3.8) is 0 Å². The smallest absolute Gasteiger partial charge is 0.347 e. The normalized spacial score (nSPS) is 12.2. The van der Waals surface area contributed by atoms with Gasteiger partial charge in [0.05, 0.1) is 17.2 Å². The van der Waals surface area contributed by atoms with E-state index < -0.39 is 24.1 Å². The van der Waals surface area contributed by atoms with E-state index in [9.17, 15) is 9.59 Å². The summed E-state index contributed by atoms with van der Waals surface area (Å²) >= 11 is 1.21. The van der Waals surface area contributed by atoms with Gasteiger partial charge in [-0.3, -0.25) is 4.79 Å². The molecular formula is C18H15N3O4S. The number of anilines is 1. The average molecular weight is 369 g/mol. The fraction of sp³-hybridized carbons (Fsp3) is 0.222. The standard InChI is InChI=1S/C18H15N3O4S/c1-11(16(22)21-17-14(10-20)7-8-26-17)25-18(23)12(2)24-15-5-3-13(9-19)4-6-15/h3-8,11-12H,1-2H3,(H,21,22)/t11-,12-/m0/s1. The third-order valence-electron chi connectivity index (χ3n) is 3.31. The first-order valence-electron chi connectivity index (χ1n) is 7.60. The number of carbonyl (C=O) groups excluding carboxylic acids is 2. The molecule has 1 aromatic heterocycles. The van der Waals surface area contributed by atoms with Gasteiger partial charge in [0.25, 0.3) is 5.91 Å². The predicted octanol–water partition coefficient (Wildman–Crippen LogP) is 2.83. The van der Waals surface area contributed by atoms with Crippen LogP contribution in [0.4, 0.5) is 5.00 Å². The van der Waals surface area contributed by atoms with Gasteiger partial charge < -0.3 is 14.8 Å². The van der Waals surface area contributed by atoms with Gasteiger partial charge in [0.15, 0.2) is 12.2 Å². The van der Waals surface area contributed by atoms with Gasteiger partial charge in [0.2, 0.25) is 0 Å². The number of thiophene rings is 1. The first-order valence-corrected chi connectivity index (χ1v) is 8.48. The van der Waals surface area contributed by atoms with Crippen molar-refractivity contribution in [3.05, 3.63) is 46.8 Å². The molecule has 0 aliphatic rings. The van der Waals surface area contributed by atoms with Crippen LogP contribution in [0.2, 0.25) is 0 Å². The monoisotopic (exact) mass is 369 g/mol. The maximum atomic E-state index is 12.1. The lowest BCUT2D eigenvalue weighted by Gasteiger charge is -2.17. The van der Waals surface area contributed by atoms with Gasteiger partial charge in [-0.05, 0) is 49.6 Å².